The van der Waals surface area contributed by atoms with Crippen LogP contribution < -0.4 is 4.80 Å². The molecule has 0 fully saturated rings. The van der Waals surface area contributed by atoms with Crippen molar-refractivity contribution in [2.45, 2.75) is 26.8 Å². The van der Waals surface area contributed by atoms with Gasteiger partial charge in [-0.3, -0.25) is 0 Å². The Hall–Kier alpha value is -1.69. The van der Waals surface area contributed by atoms with Crippen molar-refractivity contribution in [3.8, 4) is 10.6 Å². The first-order valence-electron chi connectivity index (χ1n) is 7.64. The molecule has 3 rings (SSSR count). The molecule has 2 heterocycles. The number of aromatic nitrogens is 1. The van der Waals surface area contributed by atoms with Crippen LogP contribution in [0.4, 0.5) is 5.69 Å². The van der Waals surface area contributed by atoms with E-state index in [1.165, 1.54) is 21.7 Å². The number of hydrogen-bond donors (Lipinski definition) is 1. The molecule has 0 aliphatic rings. The highest BCUT2D eigenvalue weighted by atomic mass is 32.1. The van der Waals surface area contributed by atoms with Gasteiger partial charge in [-0.15, -0.1) is 22.7 Å². The van der Waals surface area contributed by atoms with Crippen LogP contribution in [0.1, 0.15) is 17.5 Å². The maximum absolute atomic E-state index is 9.22. The molecule has 2 aromatic heterocycles. The van der Waals surface area contributed by atoms with Crippen molar-refractivity contribution in [1.82, 2.24) is 4.57 Å². The average Bonchev–Trinajstić information content (AvgIpc) is 3.18. The van der Waals surface area contributed by atoms with Crippen LogP contribution in [0.15, 0.2) is 46.1 Å². The zero-order valence-electron chi connectivity index (χ0n) is 13.3. The van der Waals surface area contributed by atoms with Gasteiger partial charge in [0.05, 0.1) is 16.3 Å². The number of nitrogens with zero attached hydrogens (tertiary/aromatic N) is 2. The molecule has 3 aromatic rings. The first-order valence-corrected chi connectivity index (χ1v) is 9.40. The molecular weight excluding hydrogens is 324 g/mol. The van der Waals surface area contributed by atoms with E-state index < -0.39 is 0 Å². The number of aliphatic hydroxyl groups excluding tert-OH is 1. The van der Waals surface area contributed by atoms with Gasteiger partial charge in [-0.25, -0.2) is 4.99 Å². The van der Waals surface area contributed by atoms with Crippen LogP contribution >= 0.6 is 22.7 Å². The number of benzene rings is 1. The molecule has 0 radical (unpaired) electrons. The Balaban J connectivity index is 2.14. The van der Waals surface area contributed by atoms with E-state index >= 15 is 0 Å². The molecule has 0 amide bonds. The van der Waals surface area contributed by atoms with E-state index in [0.29, 0.717) is 0 Å². The molecule has 0 saturated heterocycles. The largest absolute Gasteiger partial charge is 0.396 e. The molecular formula is C18H20N2OS2. The molecule has 3 nitrogen and oxygen atoms in total. The monoisotopic (exact) mass is 344 g/mol. The highest BCUT2D eigenvalue weighted by Crippen LogP contribution is 2.27. The fraction of sp³-hybridized carbons (Fsp3) is 0.278. The van der Waals surface area contributed by atoms with Gasteiger partial charge < -0.3 is 9.67 Å². The van der Waals surface area contributed by atoms with E-state index in [-0.39, 0.29) is 6.61 Å². The minimum Gasteiger partial charge on any atom is -0.396 e. The number of aryl methyl sites for hydroxylation is 2. The van der Waals surface area contributed by atoms with Gasteiger partial charge in [0.1, 0.15) is 0 Å². The molecule has 0 bridgehead atoms. The van der Waals surface area contributed by atoms with Crippen molar-refractivity contribution in [3.63, 3.8) is 0 Å². The Morgan fingerprint density at radius 2 is 1.87 bits per heavy atom. The maximum Gasteiger partial charge on any atom is 0.190 e. The van der Waals surface area contributed by atoms with Crippen molar-refractivity contribution < 1.29 is 5.11 Å². The second-order valence-electron chi connectivity index (χ2n) is 5.46. The number of aliphatic hydroxyl groups is 1. The van der Waals surface area contributed by atoms with Gasteiger partial charge in [0, 0.05) is 18.5 Å². The minimum absolute atomic E-state index is 0.190. The van der Waals surface area contributed by atoms with Gasteiger partial charge in [-0.05, 0) is 42.8 Å². The normalized spacial score (nSPS) is 12.0. The summed E-state index contributed by atoms with van der Waals surface area (Å²) in [4.78, 5) is 7.15. The summed E-state index contributed by atoms with van der Waals surface area (Å²) in [6, 6.07) is 10.5. The molecule has 23 heavy (non-hydrogen) atoms. The molecule has 0 atom stereocenters. The van der Waals surface area contributed by atoms with Crippen LogP contribution in [0.25, 0.3) is 10.6 Å². The number of thiazole rings is 1. The Morgan fingerprint density at radius 3 is 2.52 bits per heavy atom. The van der Waals surface area contributed by atoms with E-state index in [1.807, 2.05) is 0 Å². The Kier molecular flexibility index (Phi) is 5.10. The highest BCUT2D eigenvalue weighted by molar-refractivity contribution is 7.14. The molecule has 120 valence electrons. The van der Waals surface area contributed by atoms with Gasteiger partial charge in [-0.1, -0.05) is 24.3 Å². The fourth-order valence-corrected chi connectivity index (χ4v) is 4.32. The Labute approximate surface area is 144 Å². The lowest BCUT2D eigenvalue weighted by Gasteiger charge is -2.08. The number of rotatable bonds is 5. The second kappa shape index (κ2) is 7.25. The smallest absolute Gasteiger partial charge is 0.190 e. The van der Waals surface area contributed by atoms with E-state index in [2.05, 4.69) is 59.5 Å². The third kappa shape index (κ3) is 3.47. The zero-order valence-corrected chi connectivity index (χ0v) is 15.0. The molecule has 1 N–H and O–H groups in total. The standard InChI is InChI=1S/C18H20N2OS2/c1-13-6-3-7-14(2)17(13)19-18-20(9-5-10-21)15(12-23-18)16-8-4-11-22-16/h3-4,6-8,11-12,21H,5,9-10H2,1-2H3. The first-order chi connectivity index (χ1) is 11.2. The first kappa shape index (κ1) is 16.2. The van der Waals surface area contributed by atoms with Crippen LogP contribution in [0.3, 0.4) is 0 Å². The lowest BCUT2D eigenvalue weighted by atomic mass is 10.1. The molecule has 0 aliphatic heterocycles. The van der Waals surface area contributed by atoms with E-state index in [0.717, 1.165) is 23.5 Å². The lowest BCUT2D eigenvalue weighted by Crippen LogP contribution is -2.16. The molecule has 5 heteroatoms. The SMILES string of the molecule is Cc1cccc(C)c1N=c1scc(-c2cccs2)n1CCCO. The summed E-state index contributed by atoms with van der Waals surface area (Å²) in [6.45, 7) is 5.15. The third-order valence-corrected chi connectivity index (χ3v) is 5.51. The lowest BCUT2D eigenvalue weighted by molar-refractivity contribution is 0.279. The van der Waals surface area contributed by atoms with Gasteiger partial charge in [0.25, 0.3) is 0 Å². The Morgan fingerprint density at radius 1 is 1.09 bits per heavy atom. The van der Waals surface area contributed by atoms with Crippen LogP contribution in [-0.2, 0) is 6.54 Å². The van der Waals surface area contributed by atoms with Crippen molar-refractivity contribution >= 4 is 28.4 Å². The summed E-state index contributed by atoms with van der Waals surface area (Å²) >= 11 is 3.39. The van der Waals surface area contributed by atoms with E-state index in [4.69, 9.17) is 4.99 Å². The van der Waals surface area contributed by atoms with Crippen LogP contribution in [0, 0.1) is 13.8 Å². The van der Waals surface area contributed by atoms with E-state index in [9.17, 15) is 5.11 Å². The van der Waals surface area contributed by atoms with Gasteiger partial charge in [0.2, 0.25) is 0 Å². The number of thiophene rings is 1. The van der Waals surface area contributed by atoms with Gasteiger partial charge in [0.15, 0.2) is 4.80 Å². The second-order valence-corrected chi connectivity index (χ2v) is 7.25. The highest BCUT2D eigenvalue weighted by Gasteiger charge is 2.09. The summed E-state index contributed by atoms with van der Waals surface area (Å²) in [7, 11) is 0. The topological polar surface area (TPSA) is 37.5 Å². The van der Waals surface area contributed by atoms with Crippen molar-refractivity contribution in [3.05, 3.63) is 57.0 Å². The van der Waals surface area contributed by atoms with Crippen LogP contribution in [0.2, 0.25) is 0 Å². The zero-order chi connectivity index (χ0) is 16.2. The molecule has 0 saturated carbocycles. The van der Waals surface area contributed by atoms with Crippen LogP contribution in [0.5, 0.6) is 0 Å². The van der Waals surface area contributed by atoms with Gasteiger partial charge >= 0.3 is 0 Å². The van der Waals surface area contributed by atoms with Crippen molar-refractivity contribution in [2.24, 2.45) is 4.99 Å². The number of para-hydroxylation sites is 1. The summed E-state index contributed by atoms with van der Waals surface area (Å²) in [6.07, 6.45) is 0.731. The average molecular weight is 345 g/mol. The predicted octanol–water partition coefficient (Wildman–Crippen LogP) is 4.51. The summed E-state index contributed by atoms with van der Waals surface area (Å²) in [5.74, 6) is 0. The molecule has 0 aliphatic carbocycles. The maximum atomic E-state index is 9.22. The third-order valence-electron chi connectivity index (χ3n) is 3.76. The van der Waals surface area contributed by atoms with E-state index in [1.54, 1.807) is 22.7 Å². The molecule has 1 aromatic carbocycles. The number of hydrogen-bond acceptors (Lipinski definition) is 4. The van der Waals surface area contributed by atoms with Gasteiger partial charge in [-0.2, -0.15) is 0 Å². The summed E-state index contributed by atoms with van der Waals surface area (Å²) in [5.41, 5.74) is 4.60. The predicted molar refractivity (Wildman–Crippen MR) is 98.5 cm³/mol. The van der Waals surface area contributed by atoms with Crippen molar-refractivity contribution in [2.75, 3.05) is 6.61 Å². The summed E-state index contributed by atoms with van der Waals surface area (Å²) in [5, 5.41) is 13.5. The Bertz CT molecular complexity index is 824. The summed E-state index contributed by atoms with van der Waals surface area (Å²) < 4.78 is 2.22. The quantitative estimate of drug-likeness (QED) is 0.726. The van der Waals surface area contributed by atoms with Crippen LogP contribution in [-0.4, -0.2) is 16.3 Å². The fourth-order valence-electron chi connectivity index (χ4n) is 2.56. The van der Waals surface area contributed by atoms with Crippen molar-refractivity contribution in [1.29, 1.82) is 0 Å². The minimum atomic E-state index is 0.190. The molecule has 0 unspecified atom stereocenters. The molecule has 0 spiro atoms.